The SMILES string of the molecule is C[C@@H]1CN(C(=S)c2ccc(N(C)C)cc2)C[C@H](C)O1. The molecule has 1 heterocycles. The van der Waals surface area contributed by atoms with Crippen LogP contribution in [0.5, 0.6) is 0 Å². The summed E-state index contributed by atoms with van der Waals surface area (Å²) in [4.78, 5) is 5.26. The molecule has 3 nitrogen and oxygen atoms in total. The van der Waals surface area contributed by atoms with Crippen molar-refractivity contribution >= 4 is 22.9 Å². The highest BCUT2D eigenvalue weighted by Crippen LogP contribution is 2.18. The van der Waals surface area contributed by atoms with Crippen LogP contribution in [0.3, 0.4) is 0 Å². The molecule has 0 aliphatic carbocycles. The number of ether oxygens (including phenoxy) is 1. The lowest BCUT2D eigenvalue weighted by Crippen LogP contribution is -2.47. The Morgan fingerprint density at radius 2 is 1.68 bits per heavy atom. The van der Waals surface area contributed by atoms with E-state index in [1.807, 2.05) is 14.1 Å². The number of morpholine rings is 1. The van der Waals surface area contributed by atoms with Gasteiger partial charge in [0.2, 0.25) is 0 Å². The standard InChI is InChI=1S/C15H22N2OS/c1-11-9-17(10-12(2)18-11)15(19)13-5-7-14(8-6-13)16(3)4/h5-8,11-12H,9-10H2,1-4H3/t11-,12+. The molecule has 1 fully saturated rings. The third-order valence-electron chi connectivity index (χ3n) is 3.34. The van der Waals surface area contributed by atoms with E-state index in [0.717, 1.165) is 23.6 Å². The minimum absolute atomic E-state index is 0.239. The minimum Gasteiger partial charge on any atom is -0.378 e. The molecule has 1 saturated heterocycles. The second-order valence-electron chi connectivity index (χ2n) is 5.41. The maximum atomic E-state index is 5.75. The lowest BCUT2D eigenvalue weighted by atomic mass is 10.1. The monoisotopic (exact) mass is 278 g/mol. The maximum Gasteiger partial charge on any atom is 0.109 e. The Hall–Kier alpha value is -1.13. The number of thiocarbonyl (C=S) groups is 1. The Morgan fingerprint density at radius 3 is 2.16 bits per heavy atom. The van der Waals surface area contributed by atoms with Gasteiger partial charge in [-0.15, -0.1) is 0 Å². The maximum absolute atomic E-state index is 5.75. The molecule has 0 bridgehead atoms. The molecule has 4 heteroatoms. The van der Waals surface area contributed by atoms with E-state index in [2.05, 4.69) is 47.9 Å². The molecule has 104 valence electrons. The van der Waals surface area contributed by atoms with Gasteiger partial charge in [-0.1, -0.05) is 12.2 Å². The summed E-state index contributed by atoms with van der Waals surface area (Å²) in [7, 11) is 4.08. The second-order valence-corrected chi connectivity index (χ2v) is 5.80. The number of nitrogens with zero attached hydrogens (tertiary/aromatic N) is 2. The molecule has 19 heavy (non-hydrogen) atoms. The fraction of sp³-hybridized carbons (Fsp3) is 0.533. The van der Waals surface area contributed by atoms with E-state index in [4.69, 9.17) is 17.0 Å². The van der Waals surface area contributed by atoms with Crippen LogP contribution in [0.1, 0.15) is 19.4 Å². The highest BCUT2D eigenvalue weighted by atomic mass is 32.1. The normalized spacial score (nSPS) is 23.3. The fourth-order valence-electron chi connectivity index (χ4n) is 2.43. The molecule has 1 aliphatic heterocycles. The molecule has 1 aromatic carbocycles. The Bertz CT molecular complexity index is 434. The lowest BCUT2D eigenvalue weighted by Gasteiger charge is -2.37. The van der Waals surface area contributed by atoms with Crippen LogP contribution >= 0.6 is 12.2 Å². The average Bonchev–Trinajstić information content (AvgIpc) is 2.37. The number of hydrogen-bond acceptors (Lipinski definition) is 3. The van der Waals surface area contributed by atoms with E-state index < -0.39 is 0 Å². The Balaban J connectivity index is 2.10. The summed E-state index contributed by atoms with van der Waals surface area (Å²) in [6.45, 7) is 5.94. The van der Waals surface area contributed by atoms with Crippen LogP contribution in [0.4, 0.5) is 5.69 Å². The smallest absolute Gasteiger partial charge is 0.109 e. The van der Waals surface area contributed by atoms with E-state index in [1.54, 1.807) is 0 Å². The first-order valence-corrected chi connectivity index (χ1v) is 7.10. The van der Waals surface area contributed by atoms with E-state index in [9.17, 15) is 0 Å². The Morgan fingerprint density at radius 1 is 1.16 bits per heavy atom. The van der Waals surface area contributed by atoms with Gasteiger partial charge in [0, 0.05) is 38.4 Å². The zero-order chi connectivity index (χ0) is 14.0. The van der Waals surface area contributed by atoms with Crippen LogP contribution in [0, 0.1) is 0 Å². The summed E-state index contributed by atoms with van der Waals surface area (Å²) in [6, 6.07) is 8.41. The van der Waals surface area contributed by atoms with Crippen molar-refractivity contribution in [3.8, 4) is 0 Å². The molecule has 0 saturated carbocycles. The van der Waals surface area contributed by atoms with Gasteiger partial charge in [0.05, 0.1) is 12.2 Å². The molecule has 2 atom stereocenters. The predicted molar refractivity (Wildman–Crippen MR) is 84.1 cm³/mol. The Kier molecular flexibility index (Phi) is 4.42. The van der Waals surface area contributed by atoms with Crippen molar-refractivity contribution in [2.45, 2.75) is 26.1 Å². The van der Waals surface area contributed by atoms with Gasteiger partial charge in [0.15, 0.2) is 0 Å². The number of anilines is 1. The van der Waals surface area contributed by atoms with Crippen LogP contribution in [0.15, 0.2) is 24.3 Å². The van der Waals surface area contributed by atoms with Crippen LogP contribution in [-0.2, 0) is 4.74 Å². The average molecular weight is 278 g/mol. The van der Waals surface area contributed by atoms with Gasteiger partial charge in [-0.3, -0.25) is 0 Å². The zero-order valence-corrected chi connectivity index (χ0v) is 12.9. The highest BCUT2D eigenvalue weighted by Gasteiger charge is 2.24. The van der Waals surface area contributed by atoms with Crippen LogP contribution in [0.2, 0.25) is 0 Å². The molecule has 2 rings (SSSR count). The molecule has 0 spiro atoms. The molecule has 1 aromatic rings. The van der Waals surface area contributed by atoms with Gasteiger partial charge < -0.3 is 14.5 Å². The van der Waals surface area contributed by atoms with Crippen LogP contribution in [0.25, 0.3) is 0 Å². The summed E-state index contributed by atoms with van der Waals surface area (Å²) in [5.41, 5.74) is 2.30. The van der Waals surface area contributed by atoms with Crippen LogP contribution in [-0.4, -0.2) is 49.3 Å². The Labute approximate surface area is 121 Å². The van der Waals surface area contributed by atoms with E-state index in [1.165, 1.54) is 5.69 Å². The van der Waals surface area contributed by atoms with Gasteiger partial charge >= 0.3 is 0 Å². The first-order chi connectivity index (χ1) is 8.97. The van der Waals surface area contributed by atoms with E-state index in [-0.39, 0.29) is 12.2 Å². The van der Waals surface area contributed by atoms with Crippen molar-refractivity contribution in [3.63, 3.8) is 0 Å². The second kappa shape index (κ2) is 5.88. The first kappa shape index (κ1) is 14.3. The van der Waals surface area contributed by atoms with E-state index in [0.29, 0.717) is 0 Å². The zero-order valence-electron chi connectivity index (χ0n) is 12.1. The van der Waals surface area contributed by atoms with Crippen molar-refractivity contribution < 1.29 is 4.74 Å². The highest BCUT2D eigenvalue weighted by molar-refractivity contribution is 7.80. The van der Waals surface area contributed by atoms with Crippen LogP contribution < -0.4 is 4.90 Å². The number of hydrogen-bond donors (Lipinski definition) is 0. The first-order valence-electron chi connectivity index (χ1n) is 6.69. The third-order valence-corrected chi connectivity index (χ3v) is 3.83. The van der Waals surface area contributed by atoms with Crippen molar-refractivity contribution in [1.29, 1.82) is 0 Å². The summed E-state index contributed by atoms with van der Waals surface area (Å²) < 4.78 is 5.75. The van der Waals surface area contributed by atoms with Crippen molar-refractivity contribution in [2.75, 3.05) is 32.1 Å². The molecule has 1 aliphatic rings. The topological polar surface area (TPSA) is 15.7 Å². The number of rotatable bonds is 2. The largest absolute Gasteiger partial charge is 0.378 e. The van der Waals surface area contributed by atoms with Gasteiger partial charge in [0.1, 0.15) is 4.99 Å². The van der Waals surface area contributed by atoms with E-state index >= 15 is 0 Å². The van der Waals surface area contributed by atoms with Gasteiger partial charge in [0.25, 0.3) is 0 Å². The van der Waals surface area contributed by atoms with Crippen molar-refractivity contribution in [1.82, 2.24) is 4.90 Å². The molecular weight excluding hydrogens is 256 g/mol. The predicted octanol–water partition coefficient (Wildman–Crippen LogP) is 2.54. The molecule has 0 unspecified atom stereocenters. The van der Waals surface area contributed by atoms with Gasteiger partial charge in [-0.2, -0.15) is 0 Å². The third kappa shape index (κ3) is 3.45. The summed E-state index contributed by atoms with van der Waals surface area (Å²) in [5.74, 6) is 0. The van der Waals surface area contributed by atoms with Gasteiger partial charge in [-0.05, 0) is 38.1 Å². The minimum atomic E-state index is 0.239. The molecule has 0 amide bonds. The van der Waals surface area contributed by atoms with Crippen molar-refractivity contribution in [2.24, 2.45) is 0 Å². The number of benzene rings is 1. The van der Waals surface area contributed by atoms with Gasteiger partial charge in [-0.25, -0.2) is 0 Å². The lowest BCUT2D eigenvalue weighted by molar-refractivity contribution is -0.0472. The fourth-order valence-corrected chi connectivity index (χ4v) is 2.71. The van der Waals surface area contributed by atoms with Crippen molar-refractivity contribution in [3.05, 3.63) is 29.8 Å². The molecule has 0 aromatic heterocycles. The summed E-state index contributed by atoms with van der Waals surface area (Å²) in [6.07, 6.45) is 0.477. The summed E-state index contributed by atoms with van der Waals surface area (Å²) in [5, 5.41) is 0. The molecule has 0 radical (unpaired) electrons. The molecular formula is C15H22N2OS. The molecule has 0 N–H and O–H groups in total. The summed E-state index contributed by atoms with van der Waals surface area (Å²) >= 11 is 5.61. The quantitative estimate of drug-likeness (QED) is 0.772.